The van der Waals surface area contributed by atoms with Gasteiger partial charge in [0.1, 0.15) is 17.3 Å². The van der Waals surface area contributed by atoms with E-state index in [9.17, 15) is 4.79 Å². The van der Waals surface area contributed by atoms with Crippen molar-refractivity contribution >= 4 is 62.9 Å². The summed E-state index contributed by atoms with van der Waals surface area (Å²) in [5, 5.41) is 5.25. The summed E-state index contributed by atoms with van der Waals surface area (Å²) in [6, 6.07) is 13.7. The second-order valence-electron chi connectivity index (χ2n) is 5.46. The second kappa shape index (κ2) is 9.47. The lowest BCUT2D eigenvalue weighted by Crippen LogP contribution is -2.24. The van der Waals surface area contributed by atoms with E-state index in [4.69, 9.17) is 44.0 Å². The number of hydrazone groups is 1. The van der Waals surface area contributed by atoms with Crippen molar-refractivity contribution in [1.29, 1.82) is 0 Å². The molecule has 1 heterocycles. The Morgan fingerprint density at radius 2 is 2.00 bits per heavy atom. The van der Waals surface area contributed by atoms with Gasteiger partial charge in [-0.15, -0.1) is 0 Å². The molecule has 144 valence electrons. The van der Waals surface area contributed by atoms with Gasteiger partial charge in [0.2, 0.25) is 0 Å². The zero-order valence-electron chi connectivity index (χ0n) is 14.1. The fraction of sp³-hybridized carbons (Fsp3) is 0.0526. The van der Waals surface area contributed by atoms with Crippen molar-refractivity contribution in [2.75, 3.05) is 6.61 Å². The smallest absolute Gasteiger partial charge is 0.277 e. The van der Waals surface area contributed by atoms with Crippen LogP contribution in [0, 0.1) is 0 Å². The Hall–Kier alpha value is -1.99. The summed E-state index contributed by atoms with van der Waals surface area (Å²) < 4.78 is 11.7. The molecule has 0 unspecified atom stereocenters. The Bertz CT molecular complexity index is 1040. The van der Waals surface area contributed by atoms with Crippen LogP contribution in [0.3, 0.4) is 0 Å². The van der Waals surface area contributed by atoms with Crippen molar-refractivity contribution in [3.8, 4) is 17.1 Å². The van der Waals surface area contributed by atoms with Crippen LogP contribution in [0.2, 0.25) is 15.1 Å². The molecule has 1 amide bonds. The first-order valence-corrected chi connectivity index (χ1v) is 9.80. The van der Waals surface area contributed by atoms with Crippen LogP contribution in [0.4, 0.5) is 0 Å². The number of carbonyl (C=O) groups excluding carboxylic acids is 1. The van der Waals surface area contributed by atoms with Crippen molar-refractivity contribution in [2.24, 2.45) is 5.10 Å². The standard InChI is InChI=1S/C19H12BrCl3N2O3/c20-14-8-11(21)4-6-17(14)27-10-18(26)25-24-9-12-5-7-16(28-12)13-2-1-3-15(22)19(13)23/h1-9H,10H2,(H,25,26)/b24-9+. The third kappa shape index (κ3) is 5.29. The topological polar surface area (TPSA) is 63.8 Å². The van der Waals surface area contributed by atoms with E-state index in [1.807, 2.05) is 0 Å². The Balaban J connectivity index is 1.55. The summed E-state index contributed by atoms with van der Waals surface area (Å²) in [6.45, 7) is -0.209. The fourth-order valence-electron chi connectivity index (χ4n) is 2.20. The minimum absolute atomic E-state index is 0.209. The van der Waals surface area contributed by atoms with Crippen LogP contribution in [0.25, 0.3) is 11.3 Å². The van der Waals surface area contributed by atoms with Gasteiger partial charge in [0, 0.05) is 10.6 Å². The molecular formula is C19H12BrCl3N2O3. The molecule has 0 radical (unpaired) electrons. The van der Waals surface area contributed by atoms with Gasteiger partial charge in [0.15, 0.2) is 6.61 Å². The quantitative estimate of drug-likeness (QED) is 0.323. The highest BCUT2D eigenvalue weighted by Crippen LogP contribution is 2.34. The lowest BCUT2D eigenvalue weighted by atomic mass is 10.2. The molecule has 3 rings (SSSR count). The summed E-state index contributed by atoms with van der Waals surface area (Å²) in [5.41, 5.74) is 3.03. The molecular weight excluding hydrogens is 490 g/mol. The number of carbonyl (C=O) groups is 1. The summed E-state index contributed by atoms with van der Waals surface area (Å²) in [6.07, 6.45) is 1.37. The summed E-state index contributed by atoms with van der Waals surface area (Å²) in [7, 11) is 0. The van der Waals surface area contributed by atoms with Gasteiger partial charge in [0.25, 0.3) is 5.91 Å². The number of hydrogen-bond donors (Lipinski definition) is 1. The maximum Gasteiger partial charge on any atom is 0.277 e. The molecule has 0 atom stereocenters. The number of furan rings is 1. The number of ether oxygens (including phenoxy) is 1. The molecule has 5 nitrogen and oxygen atoms in total. The molecule has 0 saturated carbocycles. The molecule has 0 saturated heterocycles. The van der Waals surface area contributed by atoms with Crippen LogP contribution in [-0.2, 0) is 4.79 Å². The lowest BCUT2D eigenvalue weighted by Gasteiger charge is -2.07. The number of hydrogen-bond acceptors (Lipinski definition) is 4. The summed E-state index contributed by atoms with van der Waals surface area (Å²) >= 11 is 21.4. The van der Waals surface area contributed by atoms with E-state index in [1.54, 1.807) is 48.5 Å². The molecule has 0 fully saturated rings. The van der Waals surface area contributed by atoms with E-state index >= 15 is 0 Å². The molecule has 0 aliphatic heterocycles. The van der Waals surface area contributed by atoms with E-state index < -0.39 is 5.91 Å². The van der Waals surface area contributed by atoms with E-state index in [0.717, 1.165) is 0 Å². The van der Waals surface area contributed by atoms with Crippen molar-refractivity contribution in [3.05, 3.63) is 73.8 Å². The van der Waals surface area contributed by atoms with Crippen molar-refractivity contribution in [2.45, 2.75) is 0 Å². The van der Waals surface area contributed by atoms with Gasteiger partial charge in [0.05, 0.1) is 20.7 Å². The minimum atomic E-state index is -0.428. The monoisotopic (exact) mass is 500 g/mol. The highest BCUT2D eigenvalue weighted by Gasteiger charge is 2.10. The Morgan fingerprint density at radius 3 is 2.79 bits per heavy atom. The third-order valence-electron chi connectivity index (χ3n) is 3.48. The maximum absolute atomic E-state index is 11.8. The maximum atomic E-state index is 11.8. The number of nitrogens with zero attached hydrogens (tertiary/aromatic N) is 1. The van der Waals surface area contributed by atoms with Gasteiger partial charge in [-0.25, -0.2) is 5.43 Å². The average Bonchev–Trinajstić information content (AvgIpc) is 3.12. The predicted octanol–water partition coefficient (Wildman–Crippen LogP) is 6.20. The molecule has 28 heavy (non-hydrogen) atoms. The number of amides is 1. The number of nitrogens with one attached hydrogen (secondary N) is 1. The van der Waals surface area contributed by atoms with Gasteiger partial charge >= 0.3 is 0 Å². The zero-order chi connectivity index (χ0) is 20.1. The molecule has 0 aliphatic rings. The highest BCUT2D eigenvalue weighted by atomic mass is 79.9. The zero-order valence-corrected chi connectivity index (χ0v) is 17.9. The van der Waals surface area contributed by atoms with Crippen molar-refractivity contribution in [3.63, 3.8) is 0 Å². The Labute approximate surface area is 184 Å². The third-order valence-corrected chi connectivity index (χ3v) is 5.15. The molecule has 2 aromatic carbocycles. The predicted molar refractivity (Wildman–Crippen MR) is 115 cm³/mol. The van der Waals surface area contributed by atoms with E-state index in [1.165, 1.54) is 6.21 Å². The van der Waals surface area contributed by atoms with Gasteiger partial charge in [-0.2, -0.15) is 5.10 Å². The lowest BCUT2D eigenvalue weighted by molar-refractivity contribution is -0.123. The van der Waals surface area contributed by atoms with E-state index in [2.05, 4.69) is 26.5 Å². The van der Waals surface area contributed by atoms with E-state index in [0.29, 0.717) is 42.4 Å². The first-order chi connectivity index (χ1) is 13.4. The molecule has 9 heteroatoms. The fourth-order valence-corrected chi connectivity index (χ4v) is 3.39. The minimum Gasteiger partial charge on any atom is -0.483 e. The van der Waals surface area contributed by atoms with Crippen LogP contribution in [0.15, 0.2) is 62.5 Å². The van der Waals surface area contributed by atoms with Gasteiger partial charge in [-0.3, -0.25) is 4.79 Å². The van der Waals surface area contributed by atoms with Crippen LogP contribution >= 0.6 is 50.7 Å². The highest BCUT2D eigenvalue weighted by molar-refractivity contribution is 9.10. The molecule has 3 aromatic rings. The molecule has 0 bridgehead atoms. The van der Waals surface area contributed by atoms with Crippen LogP contribution in [-0.4, -0.2) is 18.7 Å². The van der Waals surface area contributed by atoms with Gasteiger partial charge in [-0.05, 0) is 58.4 Å². The number of halogens is 4. The van der Waals surface area contributed by atoms with Crippen LogP contribution in [0.5, 0.6) is 5.75 Å². The largest absolute Gasteiger partial charge is 0.483 e. The van der Waals surface area contributed by atoms with Gasteiger partial charge < -0.3 is 9.15 Å². The average molecular weight is 503 g/mol. The SMILES string of the molecule is O=C(COc1ccc(Cl)cc1Br)N/N=C/c1ccc(-c2cccc(Cl)c2Cl)o1. The van der Waals surface area contributed by atoms with Gasteiger partial charge in [-0.1, -0.05) is 40.9 Å². The second-order valence-corrected chi connectivity index (χ2v) is 7.54. The van der Waals surface area contributed by atoms with Crippen molar-refractivity contribution in [1.82, 2.24) is 5.43 Å². The normalized spacial score (nSPS) is 11.0. The number of rotatable bonds is 6. The molecule has 1 aromatic heterocycles. The van der Waals surface area contributed by atoms with Crippen LogP contribution < -0.4 is 10.2 Å². The molecule has 0 aliphatic carbocycles. The molecule has 0 spiro atoms. The number of benzene rings is 2. The summed E-state index contributed by atoms with van der Waals surface area (Å²) in [5.74, 6) is 1.05. The van der Waals surface area contributed by atoms with Crippen LogP contribution in [0.1, 0.15) is 5.76 Å². The summed E-state index contributed by atoms with van der Waals surface area (Å²) in [4.78, 5) is 11.8. The first-order valence-electron chi connectivity index (χ1n) is 7.88. The Kier molecular flexibility index (Phi) is 7.02. The van der Waals surface area contributed by atoms with Crippen molar-refractivity contribution < 1.29 is 13.9 Å². The molecule has 1 N–H and O–H groups in total. The first kappa shape index (κ1) is 20.7. The van der Waals surface area contributed by atoms with E-state index in [-0.39, 0.29) is 6.61 Å². The Morgan fingerprint density at radius 1 is 1.18 bits per heavy atom.